The second kappa shape index (κ2) is 6.74. The van der Waals surface area contributed by atoms with Gasteiger partial charge in [0.25, 0.3) is 5.56 Å². The summed E-state index contributed by atoms with van der Waals surface area (Å²) in [5.41, 5.74) is -1.23. The van der Waals surface area contributed by atoms with E-state index in [1.165, 1.54) is 24.4 Å². The van der Waals surface area contributed by atoms with Crippen LogP contribution in [0.25, 0.3) is 10.9 Å². The quantitative estimate of drug-likeness (QED) is 0.705. The Morgan fingerprint density at radius 2 is 2.10 bits per heavy atom. The molecule has 0 bridgehead atoms. The van der Waals surface area contributed by atoms with E-state index in [9.17, 15) is 18.4 Å². The molecule has 146 valence electrons. The largest absolute Gasteiger partial charge is 0.346 e. The maximum absolute atomic E-state index is 14.2. The van der Waals surface area contributed by atoms with Gasteiger partial charge in [-0.25, -0.2) is 18.7 Å². The Balaban J connectivity index is 1.67. The number of hydrogen-bond donors (Lipinski definition) is 2. The predicted octanol–water partition coefficient (Wildman–Crippen LogP) is 2.38. The van der Waals surface area contributed by atoms with Gasteiger partial charge in [0.05, 0.1) is 17.0 Å². The number of H-pyrrole nitrogens is 1. The van der Waals surface area contributed by atoms with Gasteiger partial charge in [-0.1, -0.05) is 0 Å². The van der Waals surface area contributed by atoms with Crippen molar-refractivity contribution in [2.45, 2.75) is 31.2 Å². The fraction of sp³-hybridized carbons (Fsp3) is 0.250. The first kappa shape index (κ1) is 18.7. The Morgan fingerprint density at radius 3 is 2.79 bits per heavy atom. The highest BCUT2D eigenvalue weighted by Gasteiger charge is 2.53. The summed E-state index contributed by atoms with van der Waals surface area (Å²) in [7, 11) is 0. The molecule has 9 heteroatoms. The zero-order valence-corrected chi connectivity index (χ0v) is 15.3. The average Bonchev–Trinajstić information content (AvgIpc) is 3.52. The number of nitrogens with zero attached hydrogens (tertiary/aromatic N) is 3. The number of fused-ring (bicyclic) bond motifs is 1. The normalized spacial score (nSPS) is 15.5. The molecule has 1 saturated carbocycles. The summed E-state index contributed by atoms with van der Waals surface area (Å²) in [6, 6.07) is 6.20. The maximum Gasteiger partial charge on any atom is 0.252 e. The molecular weight excluding hydrogens is 380 g/mol. The van der Waals surface area contributed by atoms with Gasteiger partial charge >= 0.3 is 0 Å². The van der Waals surface area contributed by atoms with Gasteiger partial charge in [0.15, 0.2) is 17.5 Å². The lowest BCUT2D eigenvalue weighted by Crippen LogP contribution is -2.39. The van der Waals surface area contributed by atoms with Crippen LogP contribution < -0.4 is 10.9 Å². The minimum Gasteiger partial charge on any atom is -0.346 e. The molecule has 7 nitrogen and oxygen atoms in total. The van der Waals surface area contributed by atoms with Crippen LogP contribution in [0.1, 0.15) is 42.9 Å². The fourth-order valence-corrected chi connectivity index (χ4v) is 3.36. The van der Waals surface area contributed by atoms with Crippen molar-refractivity contribution < 1.29 is 13.6 Å². The number of nitriles is 1. The summed E-state index contributed by atoms with van der Waals surface area (Å²) in [4.78, 5) is 36.1. The van der Waals surface area contributed by atoms with Gasteiger partial charge < -0.3 is 10.3 Å². The number of pyridine rings is 1. The van der Waals surface area contributed by atoms with Crippen LogP contribution in [-0.2, 0) is 10.2 Å². The molecule has 1 aromatic carbocycles. The van der Waals surface area contributed by atoms with Crippen LogP contribution in [-0.4, -0.2) is 20.9 Å². The van der Waals surface area contributed by atoms with Crippen molar-refractivity contribution in [3.63, 3.8) is 0 Å². The number of nitrogens with one attached hydrogen (secondary N) is 2. The second-order valence-electron chi connectivity index (χ2n) is 7.02. The molecule has 1 aliphatic rings. The van der Waals surface area contributed by atoms with Crippen molar-refractivity contribution in [1.82, 2.24) is 20.3 Å². The van der Waals surface area contributed by atoms with E-state index >= 15 is 0 Å². The first-order valence-electron chi connectivity index (χ1n) is 8.91. The Morgan fingerprint density at radius 1 is 1.34 bits per heavy atom. The molecule has 2 heterocycles. The van der Waals surface area contributed by atoms with Gasteiger partial charge in [-0.05, 0) is 44.0 Å². The van der Waals surface area contributed by atoms with Crippen LogP contribution in [0.2, 0.25) is 0 Å². The maximum atomic E-state index is 14.2. The smallest absolute Gasteiger partial charge is 0.252 e. The number of carbonyl (C=O) groups is 1. The molecule has 0 saturated heterocycles. The molecule has 29 heavy (non-hydrogen) atoms. The van der Waals surface area contributed by atoms with Gasteiger partial charge in [-0.3, -0.25) is 9.59 Å². The van der Waals surface area contributed by atoms with E-state index < -0.39 is 34.6 Å². The zero-order chi connectivity index (χ0) is 20.8. The standard InChI is InChI=1S/C20H15F2N5O2/c1-10(17-24-7-4-11(9-23)26-17)25-19(29)20(5-6-20)13-8-12-15(27-18(13)28)3-2-14(21)16(12)22/h2-4,7-8,10H,5-6H2,1H3,(H,25,29)(H,27,28)/t10-/m0/s1. The third-order valence-electron chi connectivity index (χ3n) is 5.14. The summed E-state index contributed by atoms with van der Waals surface area (Å²) in [5.74, 6) is -2.29. The van der Waals surface area contributed by atoms with E-state index in [0.29, 0.717) is 12.8 Å². The van der Waals surface area contributed by atoms with Gasteiger partial charge in [-0.2, -0.15) is 5.26 Å². The summed E-state index contributed by atoms with van der Waals surface area (Å²) in [6.07, 6.45) is 2.22. The van der Waals surface area contributed by atoms with Crippen molar-refractivity contribution in [3.05, 3.63) is 69.5 Å². The Bertz CT molecular complexity index is 1240. The summed E-state index contributed by atoms with van der Waals surface area (Å²) in [6.45, 7) is 1.66. The summed E-state index contributed by atoms with van der Waals surface area (Å²) >= 11 is 0. The lowest BCUT2D eigenvalue weighted by atomic mass is 9.94. The monoisotopic (exact) mass is 395 g/mol. The van der Waals surface area contributed by atoms with Gasteiger partial charge in [0, 0.05) is 17.1 Å². The number of rotatable bonds is 4. The molecule has 3 aromatic rings. The fourth-order valence-electron chi connectivity index (χ4n) is 3.36. The first-order chi connectivity index (χ1) is 13.9. The number of halogens is 2. The van der Waals surface area contributed by atoms with Crippen LogP contribution in [0.3, 0.4) is 0 Å². The third-order valence-corrected chi connectivity index (χ3v) is 5.14. The molecule has 2 N–H and O–H groups in total. The van der Waals surface area contributed by atoms with Crippen molar-refractivity contribution in [2.24, 2.45) is 0 Å². The molecule has 2 aromatic heterocycles. The Hall–Kier alpha value is -3.67. The molecule has 1 atom stereocenters. The van der Waals surface area contributed by atoms with E-state index in [1.807, 2.05) is 6.07 Å². The molecular formula is C20H15F2N5O2. The molecule has 1 fully saturated rings. The van der Waals surface area contributed by atoms with E-state index in [2.05, 4.69) is 20.3 Å². The SMILES string of the molecule is C[C@H](NC(=O)C1(c2cc3c(F)c(F)ccc3[nH]c2=O)CC1)c1nccc(C#N)n1. The predicted molar refractivity (Wildman–Crippen MR) is 98.7 cm³/mol. The van der Waals surface area contributed by atoms with Crippen molar-refractivity contribution >= 4 is 16.8 Å². The van der Waals surface area contributed by atoms with Gasteiger partial charge in [0.2, 0.25) is 5.91 Å². The third kappa shape index (κ3) is 3.12. The number of aromatic amines is 1. The highest BCUT2D eigenvalue weighted by molar-refractivity contribution is 5.92. The topological polar surface area (TPSA) is 112 Å². The molecule has 0 unspecified atom stereocenters. The van der Waals surface area contributed by atoms with Crippen molar-refractivity contribution in [2.75, 3.05) is 0 Å². The van der Waals surface area contributed by atoms with E-state index in [1.54, 1.807) is 6.92 Å². The van der Waals surface area contributed by atoms with Crippen LogP contribution >= 0.6 is 0 Å². The molecule has 0 radical (unpaired) electrons. The van der Waals surface area contributed by atoms with Crippen molar-refractivity contribution in [3.8, 4) is 6.07 Å². The lowest BCUT2D eigenvalue weighted by Gasteiger charge is -2.19. The van der Waals surface area contributed by atoms with Crippen LogP contribution in [0.4, 0.5) is 8.78 Å². The van der Waals surface area contributed by atoms with E-state index in [0.717, 1.165) is 6.07 Å². The van der Waals surface area contributed by atoms with Gasteiger partial charge in [-0.15, -0.1) is 0 Å². The molecule has 0 aliphatic heterocycles. The number of benzene rings is 1. The van der Waals surface area contributed by atoms with Crippen LogP contribution in [0.5, 0.6) is 0 Å². The van der Waals surface area contributed by atoms with E-state index in [-0.39, 0.29) is 28.0 Å². The summed E-state index contributed by atoms with van der Waals surface area (Å²) < 4.78 is 27.8. The Kier molecular flexibility index (Phi) is 4.34. The molecule has 4 rings (SSSR count). The number of amides is 1. The Labute approximate surface area is 163 Å². The van der Waals surface area contributed by atoms with Gasteiger partial charge in [0.1, 0.15) is 11.8 Å². The second-order valence-corrected chi connectivity index (χ2v) is 7.02. The lowest BCUT2D eigenvalue weighted by molar-refractivity contribution is -0.124. The number of aromatic nitrogens is 3. The zero-order valence-electron chi connectivity index (χ0n) is 15.3. The van der Waals surface area contributed by atoms with Crippen molar-refractivity contribution in [1.29, 1.82) is 5.26 Å². The minimum absolute atomic E-state index is 0.0863. The van der Waals surface area contributed by atoms with Crippen LogP contribution in [0.15, 0.2) is 35.3 Å². The first-order valence-corrected chi connectivity index (χ1v) is 8.91. The molecule has 0 spiro atoms. The highest BCUT2D eigenvalue weighted by atomic mass is 19.2. The number of carbonyl (C=O) groups excluding carboxylic acids is 1. The van der Waals surface area contributed by atoms with E-state index in [4.69, 9.17) is 5.26 Å². The highest BCUT2D eigenvalue weighted by Crippen LogP contribution is 2.48. The van der Waals surface area contributed by atoms with Crippen LogP contribution in [0, 0.1) is 23.0 Å². The number of hydrogen-bond acceptors (Lipinski definition) is 5. The molecule has 1 aliphatic carbocycles. The minimum atomic E-state index is -1.12. The summed E-state index contributed by atoms with van der Waals surface area (Å²) in [5, 5.41) is 11.6. The molecule has 1 amide bonds. The average molecular weight is 395 g/mol.